The molecule has 0 N–H and O–H groups in total. The summed E-state index contributed by atoms with van der Waals surface area (Å²) in [7, 11) is 0. The highest BCUT2D eigenvalue weighted by molar-refractivity contribution is 7.76. The zero-order chi connectivity index (χ0) is 13.2. The van der Waals surface area contributed by atoms with E-state index in [1.165, 1.54) is 64.2 Å². The minimum atomic E-state index is 1.13. The van der Waals surface area contributed by atoms with E-state index in [0.717, 1.165) is 3.14 Å². The Kier molecular flexibility index (Phi) is 9.16. The number of hydrogen-bond acceptors (Lipinski definition) is 3. The Bertz CT molecular complexity index is 330. The Hall–Kier alpha value is 0.270. The number of aryl methyl sites for hydroxylation is 2. The molecule has 0 nitrogen and oxygen atoms in total. The van der Waals surface area contributed by atoms with E-state index in [1.54, 1.807) is 9.75 Å². The van der Waals surface area contributed by atoms with Crippen LogP contribution in [0.5, 0.6) is 0 Å². The Morgan fingerprint density at radius 2 is 1.17 bits per heavy atom. The standard InChI is InChI=1S/C15H26S3/c1-3-5-7-9-11-13-14(18-15(16)17-13)12-10-8-6-4-2/h3-12H2,1-2H3. The fourth-order valence-electron chi connectivity index (χ4n) is 2.14. The van der Waals surface area contributed by atoms with Gasteiger partial charge in [-0.15, -0.1) is 22.7 Å². The van der Waals surface area contributed by atoms with E-state index in [0.29, 0.717) is 0 Å². The molecule has 1 aromatic rings. The van der Waals surface area contributed by atoms with Crippen molar-refractivity contribution in [2.45, 2.75) is 78.1 Å². The molecule has 0 fully saturated rings. The lowest BCUT2D eigenvalue weighted by Gasteiger charge is -2.03. The summed E-state index contributed by atoms with van der Waals surface area (Å²) in [4.78, 5) is 3.19. The topological polar surface area (TPSA) is 0 Å². The van der Waals surface area contributed by atoms with Gasteiger partial charge in [0.05, 0.1) is 0 Å². The van der Waals surface area contributed by atoms with E-state index in [4.69, 9.17) is 12.2 Å². The molecule has 1 rings (SSSR count). The summed E-state index contributed by atoms with van der Waals surface area (Å²) in [5.41, 5.74) is 0. The Morgan fingerprint density at radius 1 is 0.722 bits per heavy atom. The summed E-state index contributed by atoms with van der Waals surface area (Å²) in [6, 6.07) is 0. The van der Waals surface area contributed by atoms with Gasteiger partial charge in [0.15, 0.2) is 0 Å². The van der Waals surface area contributed by atoms with Crippen LogP contribution in [-0.4, -0.2) is 0 Å². The van der Waals surface area contributed by atoms with Gasteiger partial charge in [-0.1, -0.05) is 64.6 Å². The van der Waals surface area contributed by atoms with Gasteiger partial charge in [0.2, 0.25) is 0 Å². The average molecular weight is 303 g/mol. The molecule has 0 saturated carbocycles. The molecular formula is C15H26S3. The smallest absolute Gasteiger partial charge is 0.118 e. The van der Waals surface area contributed by atoms with Crippen LogP contribution in [0, 0.1) is 3.14 Å². The number of unbranched alkanes of at least 4 members (excludes halogenated alkanes) is 6. The van der Waals surface area contributed by atoms with Crippen molar-refractivity contribution in [2.75, 3.05) is 0 Å². The first kappa shape index (κ1) is 16.3. The Balaban J connectivity index is 2.38. The van der Waals surface area contributed by atoms with Gasteiger partial charge in [-0.2, -0.15) is 0 Å². The van der Waals surface area contributed by atoms with Crippen LogP contribution in [0.2, 0.25) is 0 Å². The Labute approximate surface area is 125 Å². The van der Waals surface area contributed by atoms with Crippen molar-refractivity contribution < 1.29 is 0 Å². The molecule has 0 saturated heterocycles. The molecule has 0 spiro atoms. The average Bonchev–Trinajstić information content (AvgIpc) is 2.71. The van der Waals surface area contributed by atoms with Crippen LogP contribution in [0.3, 0.4) is 0 Å². The summed E-state index contributed by atoms with van der Waals surface area (Å²) in [5, 5.41) is 0. The van der Waals surface area contributed by atoms with Crippen molar-refractivity contribution in [3.8, 4) is 0 Å². The highest BCUT2D eigenvalue weighted by Gasteiger charge is 2.06. The molecule has 0 atom stereocenters. The summed E-state index contributed by atoms with van der Waals surface area (Å²) in [6.07, 6.45) is 13.4. The molecule has 0 amide bonds. The molecule has 104 valence electrons. The second kappa shape index (κ2) is 10.1. The van der Waals surface area contributed by atoms with Crippen molar-refractivity contribution >= 4 is 34.9 Å². The maximum atomic E-state index is 5.36. The van der Waals surface area contributed by atoms with Gasteiger partial charge >= 0.3 is 0 Å². The zero-order valence-electron chi connectivity index (χ0n) is 11.8. The normalized spacial score (nSPS) is 11.0. The molecule has 0 aliphatic rings. The van der Waals surface area contributed by atoms with Gasteiger partial charge in [-0.05, 0) is 25.7 Å². The molecule has 0 bridgehead atoms. The lowest BCUT2D eigenvalue weighted by Crippen LogP contribution is -1.89. The van der Waals surface area contributed by atoms with Crippen LogP contribution >= 0.6 is 34.9 Å². The Morgan fingerprint density at radius 3 is 1.56 bits per heavy atom. The predicted octanol–water partition coefficient (Wildman–Crippen LogP) is 6.78. The third-order valence-corrected chi connectivity index (χ3v) is 6.10. The first-order valence-electron chi connectivity index (χ1n) is 7.39. The van der Waals surface area contributed by atoms with E-state index in [-0.39, 0.29) is 0 Å². The summed E-state index contributed by atoms with van der Waals surface area (Å²) in [5.74, 6) is 0. The fraction of sp³-hybridized carbons (Fsp3) is 0.800. The summed E-state index contributed by atoms with van der Waals surface area (Å²) >= 11 is 9.10. The van der Waals surface area contributed by atoms with E-state index < -0.39 is 0 Å². The molecule has 18 heavy (non-hydrogen) atoms. The second-order valence-electron chi connectivity index (χ2n) is 4.92. The quantitative estimate of drug-likeness (QED) is 0.339. The van der Waals surface area contributed by atoms with Crippen molar-refractivity contribution in [1.29, 1.82) is 0 Å². The van der Waals surface area contributed by atoms with Crippen LogP contribution in [0.15, 0.2) is 0 Å². The van der Waals surface area contributed by atoms with Crippen LogP contribution in [0.4, 0.5) is 0 Å². The molecule has 0 aliphatic carbocycles. The molecular weight excluding hydrogens is 276 g/mol. The van der Waals surface area contributed by atoms with Gasteiger partial charge in [0, 0.05) is 9.75 Å². The van der Waals surface area contributed by atoms with Gasteiger partial charge in [-0.3, -0.25) is 0 Å². The largest absolute Gasteiger partial charge is 0.144 e. The van der Waals surface area contributed by atoms with Crippen molar-refractivity contribution in [3.63, 3.8) is 0 Å². The monoisotopic (exact) mass is 302 g/mol. The van der Waals surface area contributed by atoms with E-state index >= 15 is 0 Å². The molecule has 1 aromatic heterocycles. The molecule has 3 heteroatoms. The SMILES string of the molecule is CCCCCCc1sc(=S)sc1CCCCCC. The number of rotatable bonds is 10. The lowest BCUT2D eigenvalue weighted by atomic mass is 10.1. The number of hydrogen-bond donors (Lipinski definition) is 0. The van der Waals surface area contributed by atoms with Crippen LogP contribution < -0.4 is 0 Å². The first-order chi connectivity index (χ1) is 8.77. The van der Waals surface area contributed by atoms with Crippen LogP contribution in [0.25, 0.3) is 0 Å². The van der Waals surface area contributed by atoms with E-state index in [1.807, 2.05) is 22.7 Å². The summed E-state index contributed by atoms with van der Waals surface area (Å²) < 4.78 is 1.13. The molecule has 1 heterocycles. The minimum Gasteiger partial charge on any atom is -0.118 e. The van der Waals surface area contributed by atoms with Crippen LogP contribution in [-0.2, 0) is 12.8 Å². The highest BCUT2D eigenvalue weighted by Crippen LogP contribution is 2.28. The van der Waals surface area contributed by atoms with Gasteiger partial charge in [0.25, 0.3) is 0 Å². The van der Waals surface area contributed by atoms with Gasteiger partial charge in [-0.25, -0.2) is 0 Å². The molecule has 0 radical (unpaired) electrons. The van der Waals surface area contributed by atoms with Crippen molar-refractivity contribution in [2.24, 2.45) is 0 Å². The lowest BCUT2D eigenvalue weighted by molar-refractivity contribution is 0.657. The summed E-state index contributed by atoms with van der Waals surface area (Å²) in [6.45, 7) is 4.54. The molecule has 0 aliphatic heterocycles. The van der Waals surface area contributed by atoms with Crippen molar-refractivity contribution in [1.82, 2.24) is 0 Å². The van der Waals surface area contributed by atoms with Crippen molar-refractivity contribution in [3.05, 3.63) is 12.9 Å². The molecule has 0 unspecified atom stereocenters. The minimum absolute atomic E-state index is 1.13. The van der Waals surface area contributed by atoms with Gasteiger partial charge in [0.1, 0.15) is 3.14 Å². The highest BCUT2D eigenvalue weighted by atomic mass is 32.2. The zero-order valence-corrected chi connectivity index (χ0v) is 14.2. The fourth-order valence-corrected chi connectivity index (χ4v) is 5.09. The third-order valence-electron chi connectivity index (χ3n) is 3.24. The first-order valence-corrected chi connectivity index (χ1v) is 9.43. The van der Waals surface area contributed by atoms with Crippen LogP contribution in [0.1, 0.15) is 75.0 Å². The molecule has 0 aromatic carbocycles. The van der Waals surface area contributed by atoms with E-state index in [2.05, 4.69) is 13.8 Å². The predicted molar refractivity (Wildman–Crippen MR) is 88.7 cm³/mol. The van der Waals surface area contributed by atoms with Gasteiger partial charge < -0.3 is 0 Å². The maximum absolute atomic E-state index is 5.36. The third kappa shape index (κ3) is 6.44. The van der Waals surface area contributed by atoms with E-state index in [9.17, 15) is 0 Å². The second-order valence-corrected chi connectivity index (χ2v) is 8.32. The maximum Gasteiger partial charge on any atom is 0.144 e.